The summed E-state index contributed by atoms with van der Waals surface area (Å²) in [7, 11) is 0. The summed E-state index contributed by atoms with van der Waals surface area (Å²) in [5.41, 5.74) is -0.201. The van der Waals surface area contributed by atoms with Crippen LogP contribution in [0, 0.1) is 11.3 Å². The molecule has 2 N–H and O–H groups in total. The minimum Gasteiger partial charge on any atom is -0.481 e. The molecular formula is C15H26N2O3. The van der Waals surface area contributed by atoms with Gasteiger partial charge in [0.1, 0.15) is 0 Å². The quantitative estimate of drug-likeness (QED) is 0.832. The van der Waals surface area contributed by atoms with Gasteiger partial charge in [0.05, 0.1) is 6.42 Å². The van der Waals surface area contributed by atoms with Crippen molar-refractivity contribution in [1.82, 2.24) is 10.2 Å². The molecule has 20 heavy (non-hydrogen) atoms. The van der Waals surface area contributed by atoms with Crippen molar-refractivity contribution in [2.75, 3.05) is 13.1 Å². The van der Waals surface area contributed by atoms with Gasteiger partial charge in [-0.2, -0.15) is 0 Å². The Morgan fingerprint density at radius 1 is 1.35 bits per heavy atom. The highest BCUT2D eigenvalue weighted by Crippen LogP contribution is 2.43. The third-order valence-electron chi connectivity index (χ3n) is 4.95. The van der Waals surface area contributed by atoms with Crippen LogP contribution in [-0.4, -0.2) is 41.1 Å². The maximum atomic E-state index is 12.3. The van der Waals surface area contributed by atoms with Gasteiger partial charge in [0.15, 0.2) is 0 Å². The Hall–Kier alpha value is -1.26. The molecule has 2 fully saturated rings. The predicted octanol–water partition coefficient (Wildman–Crippen LogP) is 2.46. The monoisotopic (exact) mass is 282 g/mol. The van der Waals surface area contributed by atoms with Gasteiger partial charge in [-0.3, -0.25) is 4.79 Å². The Morgan fingerprint density at radius 2 is 2.05 bits per heavy atom. The Kier molecular flexibility index (Phi) is 4.55. The van der Waals surface area contributed by atoms with Crippen LogP contribution in [0.1, 0.15) is 52.4 Å². The maximum Gasteiger partial charge on any atom is 0.317 e. The van der Waals surface area contributed by atoms with Crippen molar-refractivity contribution in [2.45, 2.75) is 58.4 Å². The van der Waals surface area contributed by atoms with E-state index in [1.54, 1.807) is 0 Å². The molecule has 1 heterocycles. The number of carbonyl (C=O) groups excluding carboxylic acids is 1. The highest BCUT2D eigenvalue weighted by molar-refractivity contribution is 5.75. The molecule has 2 unspecified atom stereocenters. The van der Waals surface area contributed by atoms with E-state index in [0.717, 1.165) is 38.6 Å². The van der Waals surface area contributed by atoms with Crippen LogP contribution in [0.3, 0.4) is 0 Å². The average molecular weight is 282 g/mol. The molecule has 0 radical (unpaired) electrons. The van der Waals surface area contributed by atoms with Gasteiger partial charge in [-0.25, -0.2) is 4.79 Å². The van der Waals surface area contributed by atoms with Crippen LogP contribution >= 0.6 is 0 Å². The predicted molar refractivity (Wildman–Crippen MR) is 76.5 cm³/mol. The number of amides is 2. The number of nitrogens with zero attached hydrogens (tertiary/aromatic N) is 1. The summed E-state index contributed by atoms with van der Waals surface area (Å²) in [5.74, 6) is -0.0850. The van der Waals surface area contributed by atoms with E-state index < -0.39 is 5.97 Å². The Balaban J connectivity index is 1.84. The molecule has 0 aromatic rings. The van der Waals surface area contributed by atoms with Gasteiger partial charge in [-0.15, -0.1) is 0 Å². The summed E-state index contributed by atoms with van der Waals surface area (Å²) in [6, 6.07) is 0.247. The first-order chi connectivity index (χ1) is 9.42. The highest BCUT2D eigenvalue weighted by atomic mass is 16.4. The van der Waals surface area contributed by atoms with E-state index in [-0.39, 0.29) is 23.9 Å². The number of nitrogens with one attached hydrogen (secondary N) is 1. The average Bonchev–Trinajstić information content (AvgIpc) is 2.31. The molecule has 5 heteroatoms. The summed E-state index contributed by atoms with van der Waals surface area (Å²) in [6.07, 6.45) is 5.16. The molecule has 1 saturated heterocycles. The molecule has 5 nitrogen and oxygen atoms in total. The lowest BCUT2D eigenvalue weighted by molar-refractivity contribution is -0.141. The molecule has 1 aliphatic heterocycles. The lowest BCUT2D eigenvalue weighted by Crippen LogP contribution is -2.52. The molecule has 2 aliphatic rings. The van der Waals surface area contributed by atoms with Crippen LogP contribution in [0.15, 0.2) is 0 Å². The van der Waals surface area contributed by atoms with E-state index in [9.17, 15) is 9.59 Å². The number of carbonyl (C=O) groups is 2. The second-order valence-electron chi connectivity index (χ2n) is 6.75. The standard InChI is InChI=1S/C15H26N2O3/c1-11-4-7-17(12(2)8-11)14(20)16-10-15(5-3-6-15)9-13(18)19/h11-12H,3-10H2,1-2H3,(H,16,20)(H,18,19). The fourth-order valence-electron chi connectivity index (χ4n) is 3.49. The molecule has 0 aromatic heterocycles. The lowest BCUT2D eigenvalue weighted by atomic mass is 9.66. The van der Waals surface area contributed by atoms with E-state index in [1.807, 2.05) is 4.90 Å². The topological polar surface area (TPSA) is 69.6 Å². The number of carboxylic acid groups (broad SMARTS) is 1. The molecule has 1 aliphatic carbocycles. The molecule has 0 bridgehead atoms. The van der Waals surface area contributed by atoms with Gasteiger partial charge < -0.3 is 15.3 Å². The first-order valence-corrected chi connectivity index (χ1v) is 7.68. The largest absolute Gasteiger partial charge is 0.481 e. The Morgan fingerprint density at radius 3 is 2.55 bits per heavy atom. The third kappa shape index (κ3) is 3.44. The van der Waals surface area contributed by atoms with Crippen molar-refractivity contribution >= 4 is 12.0 Å². The van der Waals surface area contributed by atoms with E-state index in [2.05, 4.69) is 19.2 Å². The molecule has 2 rings (SSSR count). The van der Waals surface area contributed by atoms with Gasteiger partial charge in [0, 0.05) is 19.1 Å². The zero-order valence-electron chi connectivity index (χ0n) is 12.5. The van der Waals surface area contributed by atoms with Crippen molar-refractivity contribution in [1.29, 1.82) is 0 Å². The van der Waals surface area contributed by atoms with E-state index in [4.69, 9.17) is 5.11 Å². The third-order valence-corrected chi connectivity index (χ3v) is 4.95. The summed E-state index contributed by atoms with van der Waals surface area (Å²) in [5, 5.41) is 11.9. The number of hydrogen-bond acceptors (Lipinski definition) is 2. The summed E-state index contributed by atoms with van der Waals surface area (Å²) in [4.78, 5) is 25.1. The Bertz CT molecular complexity index is 379. The minimum absolute atomic E-state index is 0.0268. The number of rotatable bonds is 4. The minimum atomic E-state index is -0.765. The molecule has 114 valence electrons. The fourth-order valence-corrected chi connectivity index (χ4v) is 3.49. The summed E-state index contributed by atoms with van der Waals surface area (Å²) < 4.78 is 0. The zero-order chi connectivity index (χ0) is 14.8. The normalized spacial score (nSPS) is 28.6. The van der Waals surface area contributed by atoms with Crippen LogP contribution in [0.5, 0.6) is 0 Å². The lowest BCUT2D eigenvalue weighted by Gasteiger charge is -2.42. The van der Waals surface area contributed by atoms with Crippen LogP contribution in [0.2, 0.25) is 0 Å². The van der Waals surface area contributed by atoms with Crippen molar-refractivity contribution in [2.24, 2.45) is 11.3 Å². The smallest absolute Gasteiger partial charge is 0.317 e. The molecule has 2 amide bonds. The SMILES string of the molecule is CC1CCN(C(=O)NCC2(CC(=O)O)CCC2)C(C)C1. The van der Waals surface area contributed by atoms with Crippen molar-refractivity contribution < 1.29 is 14.7 Å². The second-order valence-corrected chi connectivity index (χ2v) is 6.75. The number of likely N-dealkylation sites (tertiary alicyclic amines) is 1. The van der Waals surface area contributed by atoms with Gasteiger partial charge in [-0.05, 0) is 43.9 Å². The molecule has 2 atom stereocenters. The maximum absolute atomic E-state index is 12.3. The Labute approximate surface area is 120 Å². The van der Waals surface area contributed by atoms with Crippen LogP contribution in [-0.2, 0) is 4.79 Å². The van der Waals surface area contributed by atoms with Crippen molar-refractivity contribution in [3.8, 4) is 0 Å². The van der Waals surface area contributed by atoms with E-state index >= 15 is 0 Å². The summed E-state index contributed by atoms with van der Waals surface area (Å²) >= 11 is 0. The number of aliphatic carboxylic acids is 1. The number of hydrogen-bond donors (Lipinski definition) is 2. The van der Waals surface area contributed by atoms with E-state index in [1.165, 1.54) is 0 Å². The number of piperidine rings is 1. The molecule has 0 spiro atoms. The summed E-state index contributed by atoms with van der Waals surface area (Å²) in [6.45, 7) is 5.62. The van der Waals surface area contributed by atoms with Gasteiger partial charge in [0.25, 0.3) is 0 Å². The van der Waals surface area contributed by atoms with Crippen LogP contribution < -0.4 is 5.32 Å². The first kappa shape index (κ1) is 15.1. The van der Waals surface area contributed by atoms with Gasteiger partial charge in [-0.1, -0.05) is 13.3 Å². The van der Waals surface area contributed by atoms with E-state index in [0.29, 0.717) is 12.5 Å². The second kappa shape index (κ2) is 6.02. The highest BCUT2D eigenvalue weighted by Gasteiger charge is 2.39. The van der Waals surface area contributed by atoms with Gasteiger partial charge >= 0.3 is 12.0 Å². The van der Waals surface area contributed by atoms with Crippen molar-refractivity contribution in [3.05, 3.63) is 0 Å². The van der Waals surface area contributed by atoms with Gasteiger partial charge in [0.2, 0.25) is 0 Å². The zero-order valence-corrected chi connectivity index (χ0v) is 12.5. The fraction of sp³-hybridized carbons (Fsp3) is 0.867. The molecule has 1 saturated carbocycles. The molecular weight excluding hydrogens is 256 g/mol. The van der Waals surface area contributed by atoms with Crippen LogP contribution in [0.4, 0.5) is 4.79 Å². The van der Waals surface area contributed by atoms with Crippen molar-refractivity contribution in [3.63, 3.8) is 0 Å². The first-order valence-electron chi connectivity index (χ1n) is 7.68. The molecule has 0 aromatic carbocycles. The number of carboxylic acids is 1. The van der Waals surface area contributed by atoms with Crippen LogP contribution in [0.25, 0.3) is 0 Å². The number of urea groups is 1.